The molecule has 0 aliphatic carbocycles. The van der Waals surface area contributed by atoms with Crippen LogP contribution < -0.4 is 4.90 Å². The molecule has 3 saturated heterocycles. The highest BCUT2D eigenvalue weighted by atomic mass is 19.4. The largest absolute Gasteiger partial charge is 0.490 e. The number of para-hydroxylation sites is 1. The third-order valence-corrected chi connectivity index (χ3v) is 6.46. The number of likely N-dealkylation sites (N-methyl/N-ethyl adjacent to an activating group) is 1. The second-order valence-electron chi connectivity index (χ2n) is 8.60. The van der Waals surface area contributed by atoms with Crippen LogP contribution in [-0.2, 0) is 19.1 Å². The number of ether oxygens (including phenoxy) is 1. The van der Waals surface area contributed by atoms with Crippen molar-refractivity contribution in [2.24, 2.45) is 5.92 Å². The van der Waals surface area contributed by atoms with Gasteiger partial charge < -0.3 is 19.6 Å². The summed E-state index contributed by atoms with van der Waals surface area (Å²) in [6, 6.07) is 9.85. The summed E-state index contributed by atoms with van der Waals surface area (Å²) in [6.07, 6.45) is -2.52. The molecular formula is C22H28F3N3O5. The van der Waals surface area contributed by atoms with Crippen molar-refractivity contribution < 1.29 is 37.4 Å². The van der Waals surface area contributed by atoms with Crippen molar-refractivity contribution in [2.45, 2.75) is 31.0 Å². The molecule has 4 rings (SSSR count). The normalized spacial score (nSPS) is 24.5. The van der Waals surface area contributed by atoms with E-state index in [1.165, 1.54) is 0 Å². The number of piperazine rings is 1. The third-order valence-electron chi connectivity index (χ3n) is 6.46. The summed E-state index contributed by atoms with van der Waals surface area (Å²) in [4.78, 5) is 40.5. The lowest BCUT2D eigenvalue weighted by molar-refractivity contribution is -0.192. The molecule has 1 aromatic carbocycles. The Bertz CT molecular complexity index is 861. The number of benzene rings is 1. The molecule has 3 fully saturated rings. The molecule has 0 saturated carbocycles. The maximum atomic E-state index is 12.9. The number of amides is 2. The molecule has 182 valence electrons. The zero-order valence-corrected chi connectivity index (χ0v) is 18.4. The highest BCUT2D eigenvalue weighted by Gasteiger charge is 2.49. The summed E-state index contributed by atoms with van der Waals surface area (Å²) in [5.41, 5.74) is 0.795. The first-order valence-electron chi connectivity index (χ1n) is 10.8. The zero-order valence-electron chi connectivity index (χ0n) is 18.4. The summed E-state index contributed by atoms with van der Waals surface area (Å²) in [7, 11) is 2.02. The van der Waals surface area contributed by atoms with E-state index in [1.807, 2.05) is 47.2 Å². The van der Waals surface area contributed by atoms with Gasteiger partial charge in [0.1, 0.15) is 0 Å². The number of rotatable bonds is 2. The monoisotopic (exact) mass is 471 g/mol. The molecule has 0 radical (unpaired) electrons. The van der Waals surface area contributed by atoms with Crippen LogP contribution in [0.2, 0.25) is 0 Å². The minimum Gasteiger partial charge on any atom is -0.475 e. The molecule has 3 aliphatic rings. The number of nitrogens with zero attached hydrogens (tertiary/aromatic N) is 3. The topological polar surface area (TPSA) is 90.4 Å². The van der Waals surface area contributed by atoms with Crippen LogP contribution in [0.4, 0.5) is 18.9 Å². The fourth-order valence-corrected chi connectivity index (χ4v) is 4.49. The Labute approximate surface area is 189 Å². The Morgan fingerprint density at radius 2 is 1.73 bits per heavy atom. The van der Waals surface area contributed by atoms with Gasteiger partial charge in [-0.1, -0.05) is 18.2 Å². The minimum atomic E-state index is -5.08. The highest BCUT2D eigenvalue weighted by Crippen LogP contribution is 2.34. The first-order chi connectivity index (χ1) is 15.5. The lowest BCUT2D eigenvalue weighted by atomic mass is 9.92. The Morgan fingerprint density at radius 1 is 1.12 bits per heavy atom. The van der Waals surface area contributed by atoms with Gasteiger partial charge in [-0.05, 0) is 38.4 Å². The van der Waals surface area contributed by atoms with Crippen molar-refractivity contribution in [3.05, 3.63) is 30.3 Å². The number of alkyl halides is 3. The number of anilines is 1. The number of likely N-dealkylation sites (tertiary alicyclic amines) is 1. The van der Waals surface area contributed by atoms with E-state index in [4.69, 9.17) is 14.6 Å². The average Bonchev–Trinajstić information content (AvgIpc) is 3.22. The van der Waals surface area contributed by atoms with Crippen LogP contribution >= 0.6 is 0 Å². The number of aliphatic carboxylic acids is 1. The summed E-state index contributed by atoms with van der Waals surface area (Å²) >= 11 is 0. The van der Waals surface area contributed by atoms with E-state index in [9.17, 15) is 22.8 Å². The minimum absolute atomic E-state index is 0.0969. The van der Waals surface area contributed by atoms with Gasteiger partial charge in [0, 0.05) is 44.5 Å². The van der Waals surface area contributed by atoms with Gasteiger partial charge in [0.25, 0.3) is 0 Å². The van der Waals surface area contributed by atoms with E-state index in [0.29, 0.717) is 32.8 Å². The molecule has 33 heavy (non-hydrogen) atoms. The molecule has 1 unspecified atom stereocenters. The molecule has 11 heteroatoms. The number of hydrogen-bond donors (Lipinski definition) is 1. The number of halogens is 3. The molecule has 1 atom stereocenters. The SMILES string of the molecule is CN1CC(=O)N(c2ccccc2)CC12CCN(C(=O)C1CCOCC1)C2.O=C(O)C(F)(F)F. The van der Waals surface area contributed by atoms with Crippen molar-refractivity contribution in [3.63, 3.8) is 0 Å². The molecule has 0 bridgehead atoms. The van der Waals surface area contributed by atoms with E-state index < -0.39 is 12.1 Å². The third kappa shape index (κ3) is 5.83. The second kappa shape index (κ2) is 10.1. The summed E-state index contributed by atoms with van der Waals surface area (Å²) in [5, 5.41) is 7.12. The van der Waals surface area contributed by atoms with Crippen LogP contribution in [-0.4, -0.2) is 90.8 Å². The number of carboxylic acids is 1. The molecule has 3 aliphatic heterocycles. The fourth-order valence-electron chi connectivity index (χ4n) is 4.49. The van der Waals surface area contributed by atoms with Crippen LogP contribution in [0.3, 0.4) is 0 Å². The van der Waals surface area contributed by atoms with E-state index >= 15 is 0 Å². The molecule has 3 heterocycles. The van der Waals surface area contributed by atoms with E-state index in [1.54, 1.807) is 0 Å². The lowest BCUT2D eigenvalue weighted by Gasteiger charge is -2.46. The molecule has 1 aromatic rings. The van der Waals surface area contributed by atoms with Gasteiger partial charge in [-0.15, -0.1) is 0 Å². The van der Waals surface area contributed by atoms with Crippen molar-refractivity contribution in [3.8, 4) is 0 Å². The predicted molar refractivity (Wildman–Crippen MR) is 113 cm³/mol. The smallest absolute Gasteiger partial charge is 0.475 e. The molecule has 2 amide bonds. The van der Waals surface area contributed by atoms with Gasteiger partial charge in [-0.3, -0.25) is 14.5 Å². The number of carbonyl (C=O) groups is 3. The van der Waals surface area contributed by atoms with E-state index in [2.05, 4.69) is 4.90 Å². The Hall–Kier alpha value is -2.66. The predicted octanol–water partition coefficient (Wildman–Crippen LogP) is 2.00. The van der Waals surface area contributed by atoms with E-state index in [0.717, 1.165) is 31.5 Å². The van der Waals surface area contributed by atoms with Crippen LogP contribution in [0.5, 0.6) is 0 Å². The molecular weight excluding hydrogens is 443 g/mol. The van der Waals surface area contributed by atoms with Gasteiger partial charge >= 0.3 is 12.1 Å². The number of carbonyl (C=O) groups excluding carboxylic acids is 2. The Kier molecular flexibility index (Phi) is 7.63. The van der Waals surface area contributed by atoms with Gasteiger partial charge in [0.05, 0.1) is 12.1 Å². The van der Waals surface area contributed by atoms with Crippen molar-refractivity contribution in [2.75, 3.05) is 51.3 Å². The Morgan fingerprint density at radius 3 is 2.30 bits per heavy atom. The van der Waals surface area contributed by atoms with Crippen molar-refractivity contribution in [1.82, 2.24) is 9.80 Å². The summed E-state index contributed by atoms with van der Waals surface area (Å²) < 4.78 is 37.1. The first-order valence-corrected chi connectivity index (χ1v) is 10.8. The fraction of sp³-hybridized carbons (Fsp3) is 0.591. The van der Waals surface area contributed by atoms with Gasteiger partial charge in [-0.2, -0.15) is 13.2 Å². The number of hydrogen-bond acceptors (Lipinski definition) is 5. The number of carboxylic acid groups (broad SMARTS) is 1. The molecule has 8 nitrogen and oxygen atoms in total. The lowest BCUT2D eigenvalue weighted by Crippen LogP contribution is -2.64. The maximum absolute atomic E-state index is 12.9. The van der Waals surface area contributed by atoms with Crippen LogP contribution in [0, 0.1) is 5.92 Å². The van der Waals surface area contributed by atoms with E-state index in [-0.39, 0.29) is 23.3 Å². The molecule has 0 aromatic heterocycles. The average molecular weight is 471 g/mol. The Balaban J connectivity index is 0.000000383. The summed E-state index contributed by atoms with van der Waals surface area (Å²) in [6.45, 7) is 3.89. The molecule has 1 N–H and O–H groups in total. The van der Waals surface area contributed by atoms with Crippen molar-refractivity contribution in [1.29, 1.82) is 0 Å². The van der Waals surface area contributed by atoms with Gasteiger partial charge in [0.15, 0.2) is 0 Å². The van der Waals surface area contributed by atoms with Gasteiger partial charge in [-0.25, -0.2) is 4.79 Å². The highest BCUT2D eigenvalue weighted by molar-refractivity contribution is 5.96. The van der Waals surface area contributed by atoms with Crippen LogP contribution in [0.15, 0.2) is 30.3 Å². The quantitative estimate of drug-likeness (QED) is 0.710. The first kappa shape index (κ1) is 25.0. The second-order valence-corrected chi connectivity index (χ2v) is 8.60. The summed E-state index contributed by atoms with van der Waals surface area (Å²) in [5.74, 6) is -2.27. The van der Waals surface area contributed by atoms with Crippen LogP contribution in [0.25, 0.3) is 0 Å². The van der Waals surface area contributed by atoms with Crippen molar-refractivity contribution >= 4 is 23.5 Å². The maximum Gasteiger partial charge on any atom is 0.490 e. The standard InChI is InChI=1S/C20H27N3O3.C2HF3O2/c1-21-13-18(24)23(17-5-3-2-4-6-17)15-20(21)9-10-22(14-20)19(25)16-7-11-26-12-8-16;3-2(4,5)1(6)7/h2-6,16H,7-15H2,1H3;(H,6,7). The zero-order chi connectivity index (χ0) is 24.2. The molecule has 1 spiro atoms. The van der Waals surface area contributed by atoms with Gasteiger partial charge in [0.2, 0.25) is 11.8 Å². The van der Waals surface area contributed by atoms with Crippen LogP contribution in [0.1, 0.15) is 19.3 Å².